The van der Waals surface area contributed by atoms with Crippen LogP contribution in [0.5, 0.6) is 0 Å². The van der Waals surface area contributed by atoms with Crippen molar-refractivity contribution in [1.82, 2.24) is 9.80 Å². The lowest BCUT2D eigenvalue weighted by Crippen LogP contribution is -2.60. The summed E-state index contributed by atoms with van der Waals surface area (Å²) in [5.74, 6) is 0.764. The summed E-state index contributed by atoms with van der Waals surface area (Å²) in [6.45, 7) is 9.29. The predicted octanol–water partition coefficient (Wildman–Crippen LogP) is 1.92. The van der Waals surface area contributed by atoms with Gasteiger partial charge in [0.25, 0.3) is 0 Å². The molecule has 2 aliphatic rings. The third-order valence-electron chi connectivity index (χ3n) is 5.46. The summed E-state index contributed by atoms with van der Waals surface area (Å²) in [6, 6.07) is 0.696. The zero-order valence-corrected chi connectivity index (χ0v) is 12.5. The number of nitrogens with zero attached hydrogens (tertiary/aromatic N) is 2. The molecule has 0 aromatic carbocycles. The van der Waals surface area contributed by atoms with Gasteiger partial charge in [-0.05, 0) is 45.2 Å². The zero-order valence-electron chi connectivity index (χ0n) is 12.5. The molecule has 0 amide bonds. The summed E-state index contributed by atoms with van der Waals surface area (Å²) in [5, 5.41) is 0. The highest BCUT2D eigenvalue weighted by Gasteiger charge is 2.46. The standard InChI is InChI=1S/C15H31N3/c1-4-14-11-17(3)9-6-10-18(14)15(12-16)8-5-7-13(15)2/h13-14H,4-12,16H2,1-3H3. The number of hydrogen-bond donors (Lipinski definition) is 1. The van der Waals surface area contributed by atoms with Crippen molar-refractivity contribution in [2.75, 3.05) is 33.2 Å². The van der Waals surface area contributed by atoms with E-state index in [1.807, 2.05) is 0 Å². The minimum Gasteiger partial charge on any atom is -0.329 e. The van der Waals surface area contributed by atoms with Crippen molar-refractivity contribution in [3.8, 4) is 0 Å². The first-order valence-electron chi connectivity index (χ1n) is 7.79. The molecule has 3 heteroatoms. The van der Waals surface area contributed by atoms with Crippen LogP contribution >= 0.6 is 0 Å². The SMILES string of the molecule is CCC1CN(C)CCCN1C1(CN)CCCC1C. The van der Waals surface area contributed by atoms with Crippen molar-refractivity contribution in [2.45, 2.75) is 57.5 Å². The topological polar surface area (TPSA) is 32.5 Å². The van der Waals surface area contributed by atoms with Gasteiger partial charge in [-0.2, -0.15) is 0 Å². The quantitative estimate of drug-likeness (QED) is 0.834. The number of likely N-dealkylation sites (N-methyl/N-ethyl adjacent to an activating group) is 1. The first kappa shape index (κ1) is 14.3. The fraction of sp³-hybridized carbons (Fsp3) is 1.00. The van der Waals surface area contributed by atoms with Crippen LogP contribution in [-0.2, 0) is 0 Å². The van der Waals surface area contributed by atoms with E-state index in [0.29, 0.717) is 11.6 Å². The summed E-state index contributed by atoms with van der Waals surface area (Å²) in [4.78, 5) is 5.30. The van der Waals surface area contributed by atoms with Crippen molar-refractivity contribution in [2.24, 2.45) is 11.7 Å². The second-order valence-electron chi connectivity index (χ2n) is 6.47. The van der Waals surface area contributed by atoms with E-state index >= 15 is 0 Å². The molecule has 3 atom stereocenters. The van der Waals surface area contributed by atoms with Gasteiger partial charge in [0.2, 0.25) is 0 Å². The van der Waals surface area contributed by atoms with Crippen molar-refractivity contribution in [1.29, 1.82) is 0 Å². The molecule has 1 aliphatic heterocycles. The molecular formula is C15H31N3. The second-order valence-corrected chi connectivity index (χ2v) is 6.47. The number of rotatable bonds is 3. The molecule has 0 spiro atoms. The number of nitrogens with two attached hydrogens (primary N) is 1. The van der Waals surface area contributed by atoms with Crippen LogP contribution in [-0.4, -0.2) is 54.6 Å². The fourth-order valence-corrected chi connectivity index (χ4v) is 4.26. The molecule has 18 heavy (non-hydrogen) atoms. The minimum absolute atomic E-state index is 0.297. The van der Waals surface area contributed by atoms with Gasteiger partial charge >= 0.3 is 0 Å². The molecule has 0 aromatic heterocycles. The molecule has 1 saturated carbocycles. The van der Waals surface area contributed by atoms with Crippen LogP contribution in [0.1, 0.15) is 46.0 Å². The molecular weight excluding hydrogens is 222 g/mol. The van der Waals surface area contributed by atoms with Gasteiger partial charge in [0.1, 0.15) is 0 Å². The molecule has 1 saturated heterocycles. The largest absolute Gasteiger partial charge is 0.329 e. The van der Waals surface area contributed by atoms with E-state index in [2.05, 4.69) is 30.7 Å². The molecule has 2 fully saturated rings. The molecule has 1 heterocycles. The van der Waals surface area contributed by atoms with E-state index in [0.717, 1.165) is 12.5 Å². The lowest BCUT2D eigenvalue weighted by atomic mass is 9.84. The maximum atomic E-state index is 6.24. The van der Waals surface area contributed by atoms with Gasteiger partial charge < -0.3 is 10.6 Å². The highest BCUT2D eigenvalue weighted by molar-refractivity contribution is 5.03. The van der Waals surface area contributed by atoms with Gasteiger partial charge in [0, 0.05) is 31.2 Å². The van der Waals surface area contributed by atoms with Crippen LogP contribution < -0.4 is 5.73 Å². The lowest BCUT2D eigenvalue weighted by molar-refractivity contribution is 0.0230. The normalized spacial score (nSPS) is 40.0. The van der Waals surface area contributed by atoms with Crippen molar-refractivity contribution in [3.63, 3.8) is 0 Å². The van der Waals surface area contributed by atoms with Crippen molar-refractivity contribution >= 4 is 0 Å². The Balaban J connectivity index is 2.21. The van der Waals surface area contributed by atoms with Gasteiger partial charge in [0.15, 0.2) is 0 Å². The first-order valence-corrected chi connectivity index (χ1v) is 7.79. The fourth-order valence-electron chi connectivity index (χ4n) is 4.26. The summed E-state index contributed by atoms with van der Waals surface area (Å²) >= 11 is 0. The Labute approximate surface area is 113 Å². The van der Waals surface area contributed by atoms with Crippen molar-refractivity contribution in [3.05, 3.63) is 0 Å². The Bertz CT molecular complexity index is 268. The van der Waals surface area contributed by atoms with Crippen LogP contribution in [0, 0.1) is 5.92 Å². The molecule has 2 N–H and O–H groups in total. The maximum Gasteiger partial charge on any atom is 0.0360 e. The van der Waals surface area contributed by atoms with E-state index in [4.69, 9.17) is 5.73 Å². The summed E-state index contributed by atoms with van der Waals surface area (Å²) in [6.07, 6.45) is 6.58. The number of hydrogen-bond acceptors (Lipinski definition) is 3. The molecule has 0 radical (unpaired) electrons. The van der Waals surface area contributed by atoms with Gasteiger partial charge in [-0.1, -0.05) is 20.3 Å². The Kier molecular flexibility index (Phi) is 4.68. The average molecular weight is 253 g/mol. The van der Waals surface area contributed by atoms with Crippen molar-refractivity contribution < 1.29 is 0 Å². The Morgan fingerprint density at radius 1 is 1.28 bits per heavy atom. The zero-order chi connectivity index (χ0) is 13.2. The Morgan fingerprint density at radius 2 is 2.06 bits per heavy atom. The van der Waals surface area contributed by atoms with Gasteiger partial charge in [-0.25, -0.2) is 0 Å². The van der Waals surface area contributed by atoms with Gasteiger partial charge in [0.05, 0.1) is 0 Å². The molecule has 1 aliphatic carbocycles. The second kappa shape index (κ2) is 5.89. The van der Waals surface area contributed by atoms with E-state index in [9.17, 15) is 0 Å². The monoisotopic (exact) mass is 253 g/mol. The Morgan fingerprint density at radius 3 is 2.61 bits per heavy atom. The molecule has 3 nitrogen and oxygen atoms in total. The Hall–Kier alpha value is -0.120. The van der Waals surface area contributed by atoms with Crippen LogP contribution in [0.2, 0.25) is 0 Å². The average Bonchev–Trinajstić information content (AvgIpc) is 2.63. The van der Waals surface area contributed by atoms with Crippen LogP contribution in [0.3, 0.4) is 0 Å². The third kappa shape index (κ3) is 2.45. The third-order valence-corrected chi connectivity index (χ3v) is 5.46. The van der Waals surface area contributed by atoms with E-state index in [1.165, 1.54) is 51.7 Å². The lowest BCUT2D eigenvalue weighted by Gasteiger charge is -2.47. The van der Waals surface area contributed by atoms with Crippen LogP contribution in [0.25, 0.3) is 0 Å². The molecule has 3 unspecified atom stereocenters. The maximum absolute atomic E-state index is 6.24. The molecule has 0 bridgehead atoms. The van der Waals surface area contributed by atoms with E-state index in [1.54, 1.807) is 0 Å². The first-order chi connectivity index (χ1) is 8.64. The summed E-state index contributed by atoms with van der Waals surface area (Å²) in [7, 11) is 2.26. The highest BCUT2D eigenvalue weighted by atomic mass is 15.3. The molecule has 106 valence electrons. The summed E-state index contributed by atoms with van der Waals surface area (Å²) in [5.41, 5.74) is 6.53. The van der Waals surface area contributed by atoms with Gasteiger partial charge in [-0.15, -0.1) is 0 Å². The molecule has 2 rings (SSSR count). The van der Waals surface area contributed by atoms with E-state index < -0.39 is 0 Å². The summed E-state index contributed by atoms with van der Waals surface area (Å²) < 4.78 is 0. The van der Waals surface area contributed by atoms with Gasteiger partial charge in [-0.3, -0.25) is 4.90 Å². The highest BCUT2D eigenvalue weighted by Crippen LogP contribution is 2.41. The molecule has 0 aromatic rings. The minimum atomic E-state index is 0.297. The predicted molar refractivity (Wildman–Crippen MR) is 77.7 cm³/mol. The van der Waals surface area contributed by atoms with E-state index in [-0.39, 0.29) is 0 Å². The van der Waals surface area contributed by atoms with Crippen LogP contribution in [0.15, 0.2) is 0 Å². The smallest absolute Gasteiger partial charge is 0.0360 e. The van der Waals surface area contributed by atoms with Crippen LogP contribution in [0.4, 0.5) is 0 Å².